The van der Waals surface area contributed by atoms with E-state index in [1.807, 2.05) is 0 Å². The molecular weight excluding hydrogens is 621 g/mol. The Morgan fingerprint density at radius 3 is 2.44 bits per heavy atom. The molecule has 0 aliphatic rings. The summed E-state index contributed by atoms with van der Waals surface area (Å²) in [5, 5.41) is 18.1. The molecule has 0 fully saturated rings. The number of aliphatic hydroxyl groups is 1. The normalized spacial score (nSPS) is 12.8. The number of nitrogens with zero attached hydrogens (tertiary/aromatic N) is 3. The number of hydrogen-bond donors (Lipinski definition) is 3. The molecule has 45 heavy (non-hydrogen) atoms. The van der Waals surface area contributed by atoms with E-state index in [1.165, 1.54) is 16.8 Å². The van der Waals surface area contributed by atoms with E-state index in [0.29, 0.717) is 39.0 Å². The second kappa shape index (κ2) is 12.7. The lowest BCUT2D eigenvalue weighted by Crippen LogP contribution is -2.36. The van der Waals surface area contributed by atoms with Crippen LogP contribution in [0.3, 0.4) is 0 Å². The maximum atomic E-state index is 14.3. The first kappa shape index (κ1) is 33.7. The predicted octanol–water partition coefficient (Wildman–Crippen LogP) is 5.73. The number of amides is 1. The molecule has 2 aromatic carbocycles. The highest BCUT2D eigenvalue weighted by Gasteiger charge is 2.27. The van der Waals surface area contributed by atoms with Gasteiger partial charge in [0.25, 0.3) is 0 Å². The van der Waals surface area contributed by atoms with Crippen molar-refractivity contribution in [3.05, 3.63) is 76.3 Å². The maximum absolute atomic E-state index is 14.3. The summed E-state index contributed by atoms with van der Waals surface area (Å²) in [5.41, 5.74) is 0.755. The number of rotatable bonds is 7. The molecular formula is C32H35ClFN5O5S. The summed E-state index contributed by atoms with van der Waals surface area (Å²) in [7, 11) is -2.04. The molecule has 0 saturated carbocycles. The molecule has 2 aromatic heterocycles. The minimum atomic E-state index is -3.69. The number of nitrogens with one attached hydrogen (secondary N) is 2. The van der Waals surface area contributed by atoms with E-state index in [-0.39, 0.29) is 17.3 Å². The summed E-state index contributed by atoms with van der Waals surface area (Å²) in [6.07, 6.45) is 0.425. The van der Waals surface area contributed by atoms with Crippen LogP contribution < -0.4 is 10.0 Å². The van der Waals surface area contributed by atoms with E-state index in [0.717, 1.165) is 6.26 Å². The van der Waals surface area contributed by atoms with Gasteiger partial charge in [-0.15, -0.1) is 0 Å². The number of carbonyl (C=O) groups excluding carboxylic acids is 1. The first-order valence-electron chi connectivity index (χ1n) is 13.9. The Hall–Kier alpha value is -4.18. The largest absolute Gasteiger partial charge is 0.444 e. The zero-order valence-electron chi connectivity index (χ0n) is 26.0. The molecule has 4 rings (SSSR count). The number of sulfonamides is 1. The van der Waals surface area contributed by atoms with Gasteiger partial charge in [0.2, 0.25) is 10.0 Å². The molecule has 0 saturated heterocycles. The number of alkyl carbamates (subject to hydrolysis) is 1. The Bertz CT molecular complexity index is 1940. The van der Waals surface area contributed by atoms with Gasteiger partial charge in [-0.1, -0.05) is 35.7 Å². The summed E-state index contributed by atoms with van der Waals surface area (Å²) in [6.45, 7) is 8.29. The number of hydrogen-bond acceptors (Lipinski definition) is 7. The van der Waals surface area contributed by atoms with Gasteiger partial charge in [-0.3, -0.25) is 9.40 Å². The monoisotopic (exact) mass is 655 g/mol. The third kappa shape index (κ3) is 8.94. The lowest BCUT2D eigenvalue weighted by Gasteiger charge is -2.25. The van der Waals surface area contributed by atoms with E-state index in [9.17, 15) is 22.7 Å². The smallest absolute Gasteiger partial charge is 0.408 e. The third-order valence-electron chi connectivity index (χ3n) is 6.28. The summed E-state index contributed by atoms with van der Waals surface area (Å²) < 4.78 is 48.0. The molecule has 1 atom stereocenters. The molecule has 3 N–H and O–H groups in total. The highest BCUT2D eigenvalue weighted by atomic mass is 35.5. The van der Waals surface area contributed by atoms with Crippen molar-refractivity contribution in [2.24, 2.45) is 7.05 Å². The van der Waals surface area contributed by atoms with Gasteiger partial charge in [-0.05, 0) is 82.9 Å². The maximum Gasteiger partial charge on any atom is 0.408 e. The fourth-order valence-corrected chi connectivity index (χ4v) is 5.40. The zero-order valence-corrected chi connectivity index (χ0v) is 27.6. The van der Waals surface area contributed by atoms with Crippen molar-refractivity contribution in [2.45, 2.75) is 58.3 Å². The van der Waals surface area contributed by atoms with Gasteiger partial charge < -0.3 is 15.2 Å². The Morgan fingerprint density at radius 1 is 1.13 bits per heavy atom. The van der Waals surface area contributed by atoms with E-state index < -0.39 is 39.2 Å². The summed E-state index contributed by atoms with van der Waals surface area (Å²) >= 11 is 6.57. The van der Waals surface area contributed by atoms with Gasteiger partial charge in [0.1, 0.15) is 22.7 Å². The number of ether oxygens (including phenoxy) is 1. The fraction of sp³-hybridized carbons (Fsp3) is 0.344. The Morgan fingerprint density at radius 2 is 1.82 bits per heavy atom. The molecule has 10 nitrogen and oxygen atoms in total. The minimum absolute atomic E-state index is 0.0483. The molecule has 0 radical (unpaired) electrons. The fourth-order valence-electron chi connectivity index (χ4n) is 4.66. The Kier molecular flexibility index (Phi) is 9.49. The highest BCUT2D eigenvalue weighted by molar-refractivity contribution is 7.92. The van der Waals surface area contributed by atoms with Crippen LogP contribution in [0.5, 0.6) is 0 Å². The van der Waals surface area contributed by atoms with Crippen molar-refractivity contribution in [3.8, 4) is 23.0 Å². The van der Waals surface area contributed by atoms with Crippen molar-refractivity contribution >= 4 is 44.4 Å². The van der Waals surface area contributed by atoms with Gasteiger partial charge in [0.15, 0.2) is 5.82 Å². The second-order valence-electron chi connectivity index (χ2n) is 12.1. The van der Waals surface area contributed by atoms with E-state index in [2.05, 4.69) is 27.0 Å². The van der Waals surface area contributed by atoms with Crippen LogP contribution >= 0.6 is 11.6 Å². The van der Waals surface area contributed by atoms with Crippen molar-refractivity contribution in [2.75, 3.05) is 11.0 Å². The zero-order chi connectivity index (χ0) is 33.3. The molecule has 4 aromatic rings. The van der Waals surface area contributed by atoms with Gasteiger partial charge in [-0.2, -0.15) is 5.10 Å². The average molecular weight is 656 g/mol. The van der Waals surface area contributed by atoms with E-state index in [4.69, 9.17) is 21.3 Å². The topological polar surface area (TPSA) is 135 Å². The first-order valence-corrected chi connectivity index (χ1v) is 16.2. The van der Waals surface area contributed by atoms with Crippen molar-refractivity contribution in [3.63, 3.8) is 0 Å². The van der Waals surface area contributed by atoms with Gasteiger partial charge >= 0.3 is 6.09 Å². The quantitative estimate of drug-likeness (QED) is 0.216. The van der Waals surface area contributed by atoms with Crippen molar-refractivity contribution in [1.29, 1.82) is 0 Å². The van der Waals surface area contributed by atoms with Crippen LogP contribution in [0.1, 0.15) is 57.6 Å². The number of fused-ring (bicyclic) bond motifs is 1. The number of benzene rings is 2. The summed E-state index contributed by atoms with van der Waals surface area (Å²) in [6, 6.07) is 11.9. The Balaban J connectivity index is 2.00. The second-order valence-corrected chi connectivity index (χ2v) is 14.3. The number of aromatic nitrogens is 3. The summed E-state index contributed by atoms with van der Waals surface area (Å²) in [4.78, 5) is 18.0. The lowest BCUT2D eigenvalue weighted by molar-refractivity contribution is 0.0502. The molecule has 2 heterocycles. The van der Waals surface area contributed by atoms with Crippen molar-refractivity contribution in [1.82, 2.24) is 20.1 Å². The van der Waals surface area contributed by atoms with E-state index >= 15 is 0 Å². The number of pyridine rings is 1. The third-order valence-corrected chi connectivity index (χ3v) is 7.16. The lowest BCUT2D eigenvalue weighted by atomic mass is 9.94. The van der Waals surface area contributed by atoms with Crippen LogP contribution in [-0.4, -0.2) is 51.8 Å². The van der Waals surface area contributed by atoms with Crippen LogP contribution in [-0.2, 0) is 28.2 Å². The summed E-state index contributed by atoms with van der Waals surface area (Å²) in [5.74, 6) is 5.23. The van der Waals surface area contributed by atoms with Gasteiger partial charge in [-0.25, -0.2) is 22.6 Å². The number of halogens is 2. The SMILES string of the molecule is Cn1nc(NS(C)(=O)=O)c2c(Cl)ccc(-c3ccc(C#CC(C)(C)O)nc3C(Cc3cccc(F)c3)NC(=O)OC(C)(C)C)c21. The number of aryl methyl sites for hydroxylation is 1. The molecule has 1 amide bonds. The molecule has 13 heteroatoms. The number of carbonyl (C=O) groups is 1. The Labute approximate surface area is 267 Å². The molecule has 0 bridgehead atoms. The first-order chi connectivity index (χ1) is 20.8. The van der Waals surface area contributed by atoms with Crippen LogP contribution in [0.4, 0.5) is 15.0 Å². The van der Waals surface area contributed by atoms with Gasteiger partial charge in [0, 0.05) is 18.2 Å². The van der Waals surface area contributed by atoms with Crippen molar-refractivity contribution < 1.29 is 27.4 Å². The van der Waals surface area contributed by atoms with Crippen LogP contribution in [0.25, 0.3) is 22.0 Å². The molecule has 0 aliphatic carbocycles. The highest BCUT2D eigenvalue weighted by Crippen LogP contribution is 2.40. The van der Waals surface area contributed by atoms with Crippen LogP contribution in [0.2, 0.25) is 5.02 Å². The number of anilines is 1. The molecule has 1 unspecified atom stereocenters. The average Bonchev–Trinajstić information content (AvgIpc) is 3.21. The van der Waals surface area contributed by atoms with Crippen LogP contribution in [0.15, 0.2) is 48.5 Å². The van der Waals surface area contributed by atoms with Crippen LogP contribution in [0, 0.1) is 17.7 Å². The standard InChI is InChI=1S/C32H35ClFN5O5S/c1-31(2,3)44-30(40)36-25(18-19-9-8-10-20(34)17-19)27-22(12-11-21(35-27)15-16-32(4,5)41)23-13-14-24(33)26-28(23)39(6)37-29(26)38-45(7,42)43/h8-14,17,25,41H,18H2,1-7H3,(H,36,40)(H,37,38). The molecule has 0 spiro atoms. The van der Waals surface area contributed by atoms with Gasteiger partial charge in [0.05, 0.1) is 33.9 Å². The predicted molar refractivity (Wildman–Crippen MR) is 173 cm³/mol. The minimum Gasteiger partial charge on any atom is -0.444 e. The molecule has 0 aliphatic heterocycles. The molecule has 238 valence electrons. The van der Waals surface area contributed by atoms with E-state index in [1.54, 1.807) is 78.1 Å².